The molecule has 2 aromatic carbocycles. The lowest BCUT2D eigenvalue weighted by Gasteiger charge is -2.19. The standard InChI is InChI=1S/C23H24FN3O/c1-15-6-7-21(17(3)10-15)26-23(28)19(14-25)12-18-13-20(24)22(11-16(18)2)27-8-4-5-9-27/h6-7,10-13H,4-5,8-9H2,1-3H3,(H,26,28)/b19-12-. The van der Waals surface area contributed by atoms with Gasteiger partial charge in [-0.15, -0.1) is 0 Å². The van der Waals surface area contributed by atoms with E-state index in [9.17, 15) is 14.4 Å². The van der Waals surface area contributed by atoms with Gasteiger partial charge in [0.1, 0.15) is 17.5 Å². The van der Waals surface area contributed by atoms with Gasteiger partial charge in [-0.25, -0.2) is 4.39 Å². The third kappa shape index (κ3) is 4.23. The fraction of sp³-hybridized carbons (Fsp3) is 0.304. The normalized spacial score (nSPS) is 14.1. The summed E-state index contributed by atoms with van der Waals surface area (Å²) in [5.41, 5.74) is 4.56. The lowest BCUT2D eigenvalue weighted by atomic mass is 10.0. The molecule has 1 aliphatic heterocycles. The molecule has 0 saturated carbocycles. The van der Waals surface area contributed by atoms with E-state index in [1.807, 2.05) is 49.9 Å². The fourth-order valence-electron chi connectivity index (χ4n) is 3.49. The molecule has 5 heteroatoms. The molecule has 0 spiro atoms. The van der Waals surface area contributed by atoms with E-state index in [2.05, 4.69) is 5.32 Å². The summed E-state index contributed by atoms with van der Waals surface area (Å²) in [4.78, 5) is 14.6. The summed E-state index contributed by atoms with van der Waals surface area (Å²) in [6, 6.07) is 10.8. The number of hydrogen-bond acceptors (Lipinski definition) is 3. The maximum atomic E-state index is 14.6. The maximum absolute atomic E-state index is 14.6. The first-order chi connectivity index (χ1) is 13.4. The summed E-state index contributed by atoms with van der Waals surface area (Å²) in [7, 11) is 0. The Bertz CT molecular complexity index is 982. The Labute approximate surface area is 165 Å². The molecule has 4 nitrogen and oxygen atoms in total. The van der Waals surface area contributed by atoms with Crippen molar-refractivity contribution in [3.05, 3.63) is 64.0 Å². The van der Waals surface area contributed by atoms with Crippen molar-refractivity contribution in [1.82, 2.24) is 0 Å². The Balaban J connectivity index is 1.86. The number of carbonyl (C=O) groups is 1. The number of halogens is 1. The maximum Gasteiger partial charge on any atom is 0.266 e. The first-order valence-electron chi connectivity index (χ1n) is 9.44. The first kappa shape index (κ1) is 19.6. The molecule has 2 aromatic rings. The highest BCUT2D eigenvalue weighted by atomic mass is 19.1. The third-order valence-corrected chi connectivity index (χ3v) is 5.08. The molecule has 1 amide bonds. The highest BCUT2D eigenvalue weighted by Gasteiger charge is 2.18. The molecule has 1 fully saturated rings. The van der Waals surface area contributed by atoms with Crippen LogP contribution >= 0.6 is 0 Å². The Morgan fingerprint density at radius 3 is 2.50 bits per heavy atom. The number of benzene rings is 2. The van der Waals surface area contributed by atoms with E-state index >= 15 is 0 Å². The molecule has 1 saturated heterocycles. The van der Waals surface area contributed by atoms with E-state index in [1.54, 1.807) is 6.07 Å². The zero-order valence-electron chi connectivity index (χ0n) is 16.5. The van der Waals surface area contributed by atoms with Crippen LogP contribution in [0.4, 0.5) is 15.8 Å². The predicted molar refractivity (Wildman–Crippen MR) is 111 cm³/mol. The number of aryl methyl sites for hydroxylation is 3. The monoisotopic (exact) mass is 377 g/mol. The van der Waals surface area contributed by atoms with Crippen LogP contribution in [0.15, 0.2) is 35.9 Å². The van der Waals surface area contributed by atoms with Crippen molar-refractivity contribution in [1.29, 1.82) is 5.26 Å². The first-order valence-corrected chi connectivity index (χ1v) is 9.44. The Morgan fingerprint density at radius 1 is 1.14 bits per heavy atom. The molecule has 144 valence electrons. The third-order valence-electron chi connectivity index (χ3n) is 5.08. The number of carbonyl (C=O) groups excluding carboxylic acids is 1. The highest BCUT2D eigenvalue weighted by Crippen LogP contribution is 2.28. The van der Waals surface area contributed by atoms with Gasteiger partial charge in [-0.2, -0.15) is 5.26 Å². The molecule has 28 heavy (non-hydrogen) atoms. The minimum atomic E-state index is -0.502. The van der Waals surface area contributed by atoms with Crippen LogP contribution in [0.2, 0.25) is 0 Å². The quantitative estimate of drug-likeness (QED) is 0.609. The van der Waals surface area contributed by atoms with Crippen LogP contribution in [-0.4, -0.2) is 19.0 Å². The van der Waals surface area contributed by atoms with Crippen molar-refractivity contribution in [3.8, 4) is 6.07 Å². The molecule has 0 radical (unpaired) electrons. The lowest BCUT2D eigenvalue weighted by Crippen LogP contribution is -2.19. The average molecular weight is 377 g/mol. The number of amides is 1. The molecule has 1 aliphatic rings. The summed E-state index contributed by atoms with van der Waals surface area (Å²) in [5, 5.41) is 12.2. The van der Waals surface area contributed by atoms with E-state index in [1.165, 1.54) is 12.1 Å². The topological polar surface area (TPSA) is 56.1 Å². The van der Waals surface area contributed by atoms with Crippen LogP contribution in [0.25, 0.3) is 6.08 Å². The van der Waals surface area contributed by atoms with E-state index in [-0.39, 0.29) is 11.4 Å². The van der Waals surface area contributed by atoms with Gasteiger partial charge in [0.15, 0.2) is 0 Å². The molecule has 0 atom stereocenters. The Morgan fingerprint density at radius 2 is 1.86 bits per heavy atom. The molecule has 0 aromatic heterocycles. The number of rotatable bonds is 4. The van der Waals surface area contributed by atoms with Gasteiger partial charge in [0.05, 0.1) is 5.69 Å². The number of nitriles is 1. The van der Waals surface area contributed by atoms with Gasteiger partial charge in [-0.1, -0.05) is 17.7 Å². The van der Waals surface area contributed by atoms with Crippen LogP contribution in [0, 0.1) is 37.9 Å². The van der Waals surface area contributed by atoms with Crippen molar-refractivity contribution >= 4 is 23.4 Å². The largest absolute Gasteiger partial charge is 0.369 e. The summed E-state index contributed by atoms with van der Waals surface area (Å²) >= 11 is 0. The van der Waals surface area contributed by atoms with Crippen molar-refractivity contribution in [2.24, 2.45) is 0 Å². The summed E-state index contributed by atoms with van der Waals surface area (Å²) in [6.07, 6.45) is 3.58. The second kappa shape index (κ2) is 8.26. The zero-order chi connectivity index (χ0) is 20.3. The van der Waals surface area contributed by atoms with Crippen molar-refractivity contribution < 1.29 is 9.18 Å². The second-order valence-electron chi connectivity index (χ2n) is 7.30. The minimum absolute atomic E-state index is 0.0589. The Hall–Kier alpha value is -3.13. The molecule has 3 rings (SSSR count). The van der Waals surface area contributed by atoms with Gasteiger partial charge in [-0.05, 0) is 74.6 Å². The number of nitrogens with zero attached hydrogens (tertiary/aromatic N) is 2. The lowest BCUT2D eigenvalue weighted by molar-refractivity contribution is -0.112. The number of hydrogen-bond donors (Lipinski definition) is 1. The smallest absolute Gasteiger partial charge is 0.266 e. The molecular formula is C23H24FN3O. The minimum Gasteiger partial charge on any atom is -0.369 e. The van der Waals surface area contributed by atoms with Gasteiger partial charge in [0, 0.05) is 18.8 Å². The van der Waals surface area contributed by atoms with Gasteiger partial charge in [-0.3, -0.25) is 4.79 Å². The van der Waals surface area contributed by atoms with Crippen molar-refractivity contribution in [2.75, 3.05) is 23.3 Å². The SMILES string of the molecule is Cc1ccc(NC(=O)/C(C#N)=C\c2cc(F)c(N3CCCC3)cc2C)c(C)c1. The van der Waals surface area contributed by atoms with E-state index in [0.717, 1.165) is 42.6 Å². The van der Waals surface area contributed by atoms with Gasteiger partial charge >= 0.3 is 0 Å². The summed E-state index contributed by atoms with van der Waals surface area (Å²) < 4.78 is 14.6. The summed E-state index contributed by atoms with van der Waals surface area (Å²) in [5.74, 6) is -0.830. The fourth-order valence-corrected chi connectivity index (χ4v) is 3.49. The van der Waals surface area contributed by atoms with Crippen LogP contribution in [-0.2, 0) is 4.79 Å². The zero-order valence-corrected chi connectivity index (χ0v) is 16.5. The molecule has 0 unspecified atom stereocenters. The second-order valence-corrected chi connectivity index (χ2v) is 7.30. The van der Waals surface area contributed by atoms with Crippen molar-refractivity contribution in [2.45, 2.75) is 33.6 Å². The Kier molecular flexibility index (Phi) is 5.79. The molecular weight excluding hydrogens is 353 g/mol. The highest BCUT2D eigenvalue weighted by molar-refractivity contribution is 6.10. The van der Waals surface area contributed by atoms with E-state index in [0.29, 0.717) is 16.9 Å². The van der Waals surface area contributed by atoms with Gasteiger partial charge in [0.25, 0.3) is 5.91 Å². The van der Waals surface area contributed by atoms with E-state index < -0.39 is 5.91 Å². The number of anilines is 2. The van der Waals surface area contributed by atoms with Crippen LogP contribution in [0.5, 0.6) is 0 Å². The van der Waals surface area contributed by atoms with Gasteiger partial charge in [0.2, 0.25) is 0 Å². The van der Waals surface area contributed by atoms with Crippen LogP contribution in [0.1, 0.15) is 35.1 Å². The molecule has 0 aliphatic carbocycles. The van der Waals surface area contributed by atoms with Crippen molar-refractivity contribution in [3.63, 3.8) is 0 Å². The predicted octanol–water partition coefficient (Wildman–Crippen LogP) is 4.90. The summed E-state index contributed by atoms with van der Waals surface area (Å²) in [6.45, 7) is 7.44. The van der Waals surface area contributed by atoms with Crippen LogP contribution < -0.4 is 10.2 Å². The molecule has 0 bridgehead atoms. The molecule has 1 N–H and O–H groups in total. The van der Waals surface area contributed by atoms with Gasteiger partial charge < -0.3 is 10.2 Å². The molecule has 1 heterocycles. The van der Waals surface area contributed by atoms with E-state index in [4.69, 9.17) is 0 Å². The number of nitrogens with one attached hydrogen (secondary N) is 1. The van der Waals surface area contributed by atoms with Crippen LogP contribution in [0.3, 0.4) is 0 Å². The average Bonchev–Trinajstić information content (AvgIpc) is 3.18.